The number of urea groups is 1. The highest BCUT2D eigenvalue weighted by molar-refractivity contribution is 5.79. The SMILES string of the molecule is CC1(C)CC(NC(=O)NC(C)(C)C(C)(C)C(=O)O)CCO1. The molecule has 0 spiro atoms. The smallest absolute Gasteiger partial charge is 0.315 e. The summed E-state index contributed by atoms with van der Waals surface area (Å²) in [6, 6.07) is -0.297. The van der Waals surface area contributed by atoms with Gasteiger partial charge in [-0.15, -0.1) is 0 Å². The number of aliphatic carboxylic acids is 1. The van der Waals surface area contributed by atoms with Crippen LogP contribution in [0.3, 0.4) is 0 Å². The minimum Gasteiger partial charge on any atom is -0.481 e. The second-order valence-electron chi connectivity index (χ2n) is 7.45. The second kappa shape index (κ2) is 5.83. The zero-order valence-corrected chi connectivity index (χ0v) is 13.9. The molecule has 1 rings (SSSR count). The van der Waals surface area contributed by atoms with Crippen LogP contribution >= 0.6 is 0 Å². The Balaban J connectivity index is 2.63. The number of carbonyl (C=O) groups is 2. The number of carbonyl (C=O) groups excluding carboxylic acids is 1. The summed E-state index contributed by atoms with van der Waals surface area (Å²) < 4.78 is 5.61. The monoisotopic (exact) mass is 300 g/mol. The van der Waals surface area contributed by atoms with Crippen LogP contribution in [0.4, 0.5) is 4.79 Å². The molecule has 2 amide bonds. The summed E-state index contributed by atoms with van der Waals surface area (Å²) in [5, 5.41) is 15.0. The molecular formula is C15H28N2O4. The van der Waals surface area contributed by atoms with Crippen molar-refractivity contribution >= 4 is 12.0 Å². The summed E-state index contributed by atoms with van der Waals surface area (Å²) in [6.07, 6.45) is 1.50. The van der Waals surface area contributed by atoms with Crippen LogP contribution in [0.25, 0.3) is 0 Å². The van der Waals surface area contributed by atoms with Gasteiger partial charge < -0.3 is 20.5 Å². The lowest BCUT2D eigenvalue weighted by molar-refractivity contribution is -0.150. The maximum Gasteiger partial charge on any atom is 0.315 e. The van der Waals surface area contributed by atoms with Crippen LogP contribution in [-0.4, -0.2) is 40.9 Å². The van der Waals surface area contributed by atoms with Crippen molar-refractivity contribution in [1.29, 1.82) is 0 Å². The molecule has 1 fully saturated rings. The minimum atomic E-state index is -1.07. The van der Waals surface area contributed by atoms with E-state index in [4.69, 9.17) is 4.74 Å². The van der Waals surface area contributed by atoms with E-state index < -0.39 is 16.9 Å². The molecular weight excluding hydrogens is 272 g/mol. The molecule has 0 aromatic heterocycles. The van der Waals surface area contributed by atoms with Gasteiger partial charge in [-0.2, -0.15) is 0 Å². The number of hydrogen-bond donors (Lipinski definition) is 3. The van der Waals surface area contributed by atoms with Gasteiger partial charge in [-0.3, -0.25) is 4.79 Å². The molecule has 1 aliphatic rings. The summed E-state index contributed by atoms with van der Waals surface area (Å²) in [5.74, 6) is -0.944. The topological polar surface area (TPSA) is 87.7 Å². The van der Waals surface area contributed by atoms with Crippen LogP contribution in [-0.2, 0) is 9.53 Å². The zero-order chi connectivity index (χ0) is 16.5. The molecule has 1 aliphatic heterocycles. The Kier molecular flexibility index (Phi) is 4.93. The van der Waals surface area contributed by atoms with Crippen molar-refractivity contribution in [2.24, 2.45) is 5.41 Å². The van der Waals surface area contributed by atoms with Crippen LogP contribution in [0.1, 0.15) is 54.4 Å². The van der Waals surface area contributed by atoms with E-state index in [2.05, 4.69) is 10.6 Å². The predicted molar refractivity (Wildman–Crippen MR) is 80.2 cm³/mol. The van der Waals surface area contributed by atoms with E-state index in [1.807, 2.05) is 13.8 Å². The average Bonchev–Trinajstić information content (AvgIpc) is 2.25. The highest BCUT2D eigenvalue weighted by Gasteiger charge is 2.44. The molecule has 0 aromatic carbocycles. The summed E-state index contributed by atoms with van der Waals surface area (Å²) in [7, 11) is 0. The van der Waals surface area contributed by atoms with E-state index in [1.165, 1.54) is 0 Å². The van der Waals surface area contributed by atoms with Gasteiger partial charge in [-0.25, -0.2) is 4.79 Å². The van der Waals surface area contributed by atoms with Gasteiger partial charge in [0.25, 0.3) is 0 Å². The molecule has 0 aliphatic carbocycles. The summed E-state index contributed by atoms with van der Waals surface area (Å²) in [5.41, 5.74) is -2.19. The number of nitrogens with one attached hydrogen (secondary N) is 2. The van der Waals surface area contributed by atoms with E-state index >= 15 is 0 Å². The number of rotatable bonds is 4. The average molecular weight is 300 g/mol. The van der Waals surface area contributed by atoms with Crippen LogP contribution in [0.5, 0.6) is 0 Å². The molecule has 6 nitrogen and oxygen atoms in total. The van der Waals surface area contributed by atoms with Crippen LogP contribution in [0.2, 0.25) is 0 Å². The van der Waals surface area contributed by atoms with E-state index in [-0.39, 0.29) is 17.7 Å². The first-order chi connectivity index (χ1) is 9.37. The van der Waals surface area contributed by atoms with Gasteiger partial charge in [-0.1, -0.05) is 0 Å². The third kappa shape index (κ3) is 4.33. The summed E-state index contributed by atoms with van der Waals surface area (Å²) in [4.78, 5) is 23.5. The molecule has 0 saturated carbocycles. The van der Waals surface area contributed by atoms with Gasteiger partial charge in [0, 0.05) is 12.6 Å². The van der Waals surface area contributed by atoms with E-state index in [9.17, 15) is 14.7 Å². The third-order valence-electron chi connectivity index (χ3n) is 4.56. The fourth-order valence-electron chi connectivity index (χ4n) is 2.28. The number of hydrogen-bond acceptors (Lipinski definition) is 3. The molecule has 0 aromatic rings. The fourth-order valence-corrected chi connectivity index (χ4v) is 2.28. The van der Waals surface area contributed by atoms with Gasteiger partial charge in [0.1, 0.15) is 0 Å². The lowest BCUT2D eigenvalue weighted by atomic mass is 9.74. The molecule has 0 radical (unpaired) electrons. The molecule has 21 heavy (non-hydrogen) atoms. The van der Waals surface area contributed by atoms with Crippen molar-refractivity contribution in [3.8, 4) is 0 Å². The number of ether oxygens (including phenoxy) is 1. The largest absolute Gasteiger partial charge is 0.481 e. The van der Waals surface area contributed by atoms with Crippen molar-refractivity contribution in [1.82, 2.24) is 10.6 Å². The molecule has 1 atom stereocenters. The Morgan fingerprint density at radius 1 is 1.24 bits per heavy atom. The Morgan fingerprint density at radius 3 is 2.29 bits per heavy atom. The van der Waals surface area contributed by atoms with Crippen molar-refractivity contribution in [3.05, 3.63) is 0 Å². The first kappa shape index (κ1) is 17.8. The normalized spacial score (nSPS) is 22.5. The maximum absolute atomic E-state index is 12.2. The van der Waals surface area contributed by atoms with Crippen molar-refractivity contribution in [3.63, 3.8) is 0 Å². The Hall–Kier alpha value is -1.30. The summed E-state index contributed by atoms with van der Waals surface area (Å²) in [6.45, 7) is 11.2. The van der Waals surface area contributed by atoms with Crippen LogP contribution in [0.15, 0.2) is 0 Å². The highest BCUT2D eigenvalue weighted by Crippen LogP contribution is 2.30. The standard InChI is InChI=1S/C15H28N2O4/c1-13(2)9-10(7-8-21-13)16-12(20)17-15(5,6)14(3,4)11(18)19/h10H,7-9H2,1-6H3,(H,18,19)(H2,16,17,20). The Morgan fingerprint density at radius 2 is 1.81 bits per heavy atom. The quantitative estimate of drug-likeness (QED) is 0.742. The number of carboxylic acid groups (broad SMARTS) is 1. The van der Waals surface area contributed by atoms with Crippen molar-refractivity contribution in [2.45, 2.75) is 71.6 Å². The molecule has 1 unspecified atom stereocenters. The molecule has 0 bridgehead atoms. The zero-order valence-electron chi connectivity index (χ0n) is 13.9. The molecule has 122 valence electrons. The maximum atomic E-state index is 12.2. The Bertz CT molecular complexity index is 416. The van der Waals surface area contributed by atoms with E-state index in [0.717, 1.165) is 12.8 Å². The van der Waals surface area contributed by atoms with Crippen LogP contribution < -0.4 is 10.6 Å². The first-order valence-electron chi connectivity index (χ1n) is 7.33. The van der Waals surface area contributed by atoms with Gasteiger partial charge in [-0.05, 0) is 54.4 Å². The second-order valence-corrected chi connectivity index (χ2v) is 7.45. The Labute approximate surface area is 126 Å². The van der Waals surface area contributed by atoms with E-state index in [1.54, 1.807) is 27.7 Å². The molecule has 1 saturated heterocycles. The van der Waals surface area contributed by atoms with E-state index in [0.29, 0.717) is 6.61 Å². The number of carboxylic acids is 1. The van der Waals surface area contributed by atoms with Crippen LogP contribution in [0, 0.1) is 5.41 Å². The lowest BCUT2D eigenvalue weighted by Crippen LogP contribution is -2.60. The third-order valence-corrected chi connectivity index (χ3v) is 4.56. The van der Waals surface area contributed by atoms with Gasteiger partial charge in [0.15, 0.2) is 0 Å². The van der Waals surface area contributed by atoms with Gasteiger partial charge in [0.05, 0.1) is 16.6 Å². The molecule has 3 N–H and O–H groups in total. The summed E-state index contributed by atoms with van der Waals surface area (Å²) >= 11 is 0. The molecule has 1 heterocycles. The predicted octanol–water partition coefficient (Wildman–Crippen LogP) is 2.13. The van der Waals surface area contributed by atoms with Crippen molar-refractivity contribution in [2.75, 3.05) is 6.61 Å². The lowest BCUT2D eigenvalue weighted by Gasteiger charge is -2.40. The van der Waals surface area contributed by atoms with Gasteiger partial charge in [0.2, 0.25) is 0 Å². The van der Waals surface area contributed by atoms with Gasteiger partial charge >= 0.3 is 12.0 Å². The highest BCUT2D eigenvalue weighted by atomic mass is 16.5. The van der Waals surface area contributed by atoms with Crippen molar-refractivity contribution < 1.29 is 19.4 Å². The minimum absolute atomic E-state index is 0.0393. The first-order valence-corrected chi connectivity index (χ1v) is 7.33. The fraction of sp³-hybridized carbons (Fsp3) is 0.867. The number of amides is 2. The molecule has 6 heteroatoms.